The van der Waals surface area contributed by atoms with Crippen LogP contribution in [-0.2, 0) is 6.54 Å². The number of thiazole rings is 1. The van der Waals surface area contributed by atoms with Gasteiger partial charge in [-0.1, -0.05) is 18.2 Å². The van der Waals surface area contributed by atoms with Gasteiger partial charge in [-0.25, -0.2) is 4.98 Å². The number of ether oxygens (including phenoxy) is 2. The first-order chi connectivity index (χ1) is 15.1. The molecule has 1 aromatic heterocycles. The predicted octanol–water partition coefficient (Wildman–Crippen LogP) is 4.70. The Morgan fingerprint density at radius 1 is 1.10 bits per heavy atom. The number of rotatable bonds is 7. The first-order valence-corrected chi connectivity index (χ1v) is 11.2. The van der Waals surface area contributed by atoms with Crippen LogP contribution in [0.2, 0.25) is 0 Å². The highest BCUT2D eigenvalue weighted by Gasteiger charge is 2.20. The van der Waals surface area contributed by atoms with Crippen LogP contribution in [0.5, 0.6) is 11.5 Å². The van der Waals surface area contributed by atoms with Gasteiger partial charge in [0.1, 0.15) is 10.7 Å². The molecule has 0 unspecified atom stereocenters. The molecule has 0 bridgehead atoms. The van der Waals surface area contributed by atoms with Crippen molar-refractivity contribution in [3.63, 3.8) is 0 Å². The Morgan fingerprint density at radius 3 is 2.58 bits per heavy atom. The number of amides is 1. The SMILES string of the molecule is COc1ccc(-c2nc(C(=O)N(C)Cc3ccccc3N3CCCC3)cs2)cc1OC. The topological polar surface area (TPSA) is 54.9 Å². The minimum atomic E-state index is -0.0841. The number of aromatic nitrogens is 1. The molecule has 31 heavy (non-hydrogen) atoms. The average molecular weight is 438 g/mol. The molecular formula is C24H27N3O3S. The van der Waals surface area contributed by atoms with Gasteiger partial charge in [-0.3, -0.25) is 4.79 Å². The molecule has 3 aromatic rings. The third-order valence-electron chi connectivity index (χ3n) is 5.55. The quantitative estimate of drug-likeness (QED) is 0.536. The van der Waals surface area contributed by atoms with Gasteiger partial charge < -0.3 is 19.3 Å². The van der Waals surface area contributed by atoms with Gasteiger partial charge in [0.15, 0.2) is 11.5 Å². The lowest BCUT2D eigenvalue weighted by Gasteiger charge is -2.24. The number of methoxy groups -OCH3 is 2. The highest BCUT2D eigenvalue weighted by Crippen LogP contribution is 2.34. The van der Waals surface area contributed by atoms with E-state index in [1.54, 1.807) is 19.1 Å². The minimum absolute atomic E-state index is 0.0841. The lowest BCUT2D eigenvalue weighted by molar-refractivity contribution is 0.0780. The zero-order valence-electron chi connectivity index (χ0n) is 18.1. The molecule has 1 saturated heterocycles. The zero-order chi connectivity index (χ0) is 21.8. The number of nitrogens with zero attached hydrogens (tertiary/aromatic N) is 3. The fourth-order valence-electron chi connectivity index (χ4n) is 3.91. The van der Waals surface area contributed by atoms with Crippen molar-refractivity contribution in [1.29, 1.82) is 0 Å². The van der Waals surface area contributed by atoms with Gasteiger partial charge in [0.2, 0.25) is 0 Å². The van der Waals surface area contributed by atoms with E-state index in [2.05, 4.69) is 28.1 Å². The van der Waals surface area contributed by atoms with Crippen LogP contribution in [0, 0.1) is 0 Å². The van der Waals surface area contributed by atoms with E-state index in [1.165, 1.54) is 29.9 Å². The summed E-state index contributed by atoms with van der Waals surface area (Å²) in [6.07, 6.45) is 2.45. The summed E-state index contributed by atoms with van der Waals surface area (Å²) in [7, 11) is 5.04. The van der Waals surface area contributed by atoms with Crippen molar-refractivity contribution in [3.8, 4) is 22.1 Å². The van der Waals surface area contributed by atoms with Crippen molar-refractivity contribution in [3.05, 3.63) is 59.1 Å². The van der Waals surface area contributed by atoms with E-state index < -0.39 is 0 Å². The molecule has 0 radical (unpaired) electrons. The van der Waals surface area contributed by atoms with Gasteiger partial charge in [0.05, 0.1) is 14.2 Å². The smallest absolute Gasteiger partial charge is 0.273 e. The highest BCUT2D eigenvalue weighted by atomic mass is 32.1. The number of carbonyl (C=O) groups is 1. The fourth-order valence-corrected chi connectivity index (χ4v) is 4.70. The molecule has 0 saturated carbocycles. The summed E-state index contributed by atoms with van der Waals surface area (Å²) in [5.74, 6) is 1.22. The molecule has 1 aliphatic rings. The van der Waals surface area contributed by atoms with E-state index >= 15 is 0 Å². The van der Waals surface area contributed by atoms with Gasteiger partial charge in [0, 0.05) is 43.3 Å². The van der Waals surface area contributed by atoms with E-state index in [9.17, 15) is 4.79 Å². The zero-order valence-corrected chi connectivity index (χ0v) is 18.9. The van der Waals surface area contributed by atoms with Crippen molar-refractivity contribution in [2.45, 2.75) is 19.4 Å². The molecular weight excluding hydrogens is 410 g/mol. The summed E-state index contributed by atoms with van der Waals surface area (Å²) in [6, 6.07) is 14.0. The fraction of sp³-hybridized carbons (Fsp3) is 0.333. The molecule has 6 nitrogen and oxygen atoms in total. The number of hydrogen-bond donors (Lipinski definition) is 0. The van der Waals surface area contributed by atoms with Gasteiger partial charge in [-0.15, -0.1) is 11.3 Å². The molecule has 2 heterocycles. The van der Waals surface area contributed by atoms with Crippen LogP contribution in [0.25, 0.3) is 10.6 Å². The third-order valence-corrected chi connectivity index (χ3v) is 6.44. The van der Waals surface area contributed by atoms with Crippen molar-refractivity contribution < 1.29 is 14.3 Å². The molecule has 1 fully saturated rings. The Balaban J connectivity index is 1.50. The number of anilines is 1. The molecule has 1 amide bonds. The van der Waals surface area contributed by atoms with Crippen molar-refractivity contribution >= 4 is 22.9 Å². The van der Waals surface area contributed by atoms with Crippen molar-refractivity contribution in [2.24, 2.45) is 0 Å². The molecule has 0 N–H and O–H groups in total. The molecule has 0 atom stereocenters. The third kappa shape index (κ3) is 4.51. The number of carbonyl (C=O) groups excluding carboxylic acids is 1. The number of benzene rings is 2. The molecule has 0 spiro atoms. The van der Waals surface area contributed by atoms with Crippen LogP contribution in [0.1, 0.15) is 28.9 Å². The first-order valence-electron chi connectivity index (χ1n) is 10.4. The Hall–Kier alpha value is -3.06. The second kappa shape index (κ2) is 9.39. The maximum atomic E-state index is 13.1. The maximum absolute atomic E-state index is 13.1. The standard InChI is InChI=1S/C24H27N3O3S/c1-26(15-18-8-4-5-9-20(18)27-12-6-7-13-27)24(28)19-16-31-23(25-19)17-10-11-21(29-2)22(14-17)30-3/h4-5,8-11,14,16H,6-7,12-13,15H2,1-3H3. The molecule has 2 aromatic carbocycles. The van der Waals surface area contributed by atoms with Crippen LogP contribution >= 0.6 is 11.3 Å². The maximum Gasteiger partial charge on any atom is 0.273 e. The summed E-state index contributed by atoms with van der Waals surface area (Å²) in [5, 5.41) is 2.59. The van der Waals surface area contributed by atoms with E-state index in [1.807, 2.05) is 36.7 Å². The van der Waals surface area contributed by atoms with E-state index in [4.69, 9.17) is 9.47 Å². The van der Waals surface area contributed by atoms with Crippen molar-refractivity contribution in [1.82, 2.24) is 9.88 Å². The van der Waals surface area contributed by atoms with Crippen LogP contribution in [0.3, 0.4) is 0 Å². The second-order valence-corrected chi connectivity index (χ2v) is 8.45. The Morgan fingerprint density at radius 2 is 1.84 bits per heavy atom. The van der Waals surface area contributed by atoms with Gasteiger partial charge in [-0.2, -0.15) is 0 Å². The molecule has 7 heteroatoms. The monoisotopic (exact) mass is 437 g/mol. The van der Waals surface area contributed by atoms with E-state index in [0.717, 1.165) is 29.2 Å². The summed E-state index contributed by atoms with van der Waals surface area (Å²) >= 11 is 1.45. The van der Waals surface area contributed by atoms with Crippen LogP contribution in [-0.4, -0.2) is 50.1 Å². The van der Waals surface area contributed by atoms with Crippen molar-refractivity contribution in [2.75, 3.05) is 39.3 Å². The van der Waals surface area contributed by atoms with Crippen LogP contribution < -0.4 is 14.4 Å². The highest BCUT2D eigenvalue weighted by molar-refractivity contribution is 7.13. The number of para-hydroxylation sites is 1. The summed E-state index contributed by atoms with van der Waals surface area (Å²) in [5.41, 5.74) is 3.74. The lowest BCUT2D eigenvalue weighted by atomic mass is 10.1. The first kappa shape index (κ1) is 21.2. The van der Waals surface area contributed by atoms with Crippen LogP contribution in [0.15, 0.2) is 47.8 Å². The number of hydrogen-bond acceptors (Lipinski definition) is 6. The molecule has 4 rings (SSSR count). The predicted molar refractivity (Wildman–Crippen MR) is 124 cm³/mol. The van der Waals surface area contributed by atoms with Crippen LogP contribution in [0.4, 0.5) is 5.69 Å². The van der Waals surface area contributed by atoms with E-state index in [0.29, 0.717) is 23.7 Å². The van der Waals surface area contributed by atoms with E-state index in [-0.39, 0.29) is 5.91 Å². The Labute approximate surface area is 187 Å². The normalized spacial score (nSPS) is 13.3. The van der Waals surface area contributed by atoms with Gasteiger partial charge in [-0.05, 0) is 42.7 Å². The molecule has 0 aliphatic carbocycles. The average Bonchev–Trinajstić information content (AvgIpc) is 3.51. The Bertz CT molecular complexity index is 1060. The summed E-state index contributed by atoms with van der Waals surface area (Å²) in [4.78, 5) is 21.8. The van der Waals surface area contributed by atoms with Gasteiger partial charge >= 0.3 is 0 Å². The largest absolute Gasteiger partial charge is 0.493 e. The summed E-state index contributed by atoms with van der Waals surface area (Å²) in [6.45, 7) is 2.71. The second-order valence-electron chi connectivity index (χ2n) is 7.59. The molecule has 162 valence electrons. The minimum Gasteiger partial charge on any atom is -0.493 e. The molecule has 1 aliphatic heterocycles. The Kier molecular flexibility index (Phi) is 6.42. The summed E-state index contributed by atoms with van der Waals surface area (Å²) < 4.78 is 10.7. The van der Waals surface area contributed by atoms with Gasteiger partial charge in [0.25, 0.3) is 5.91 Å². The lowest BCUT2D eigenvalue weighted by Crippen LogP contribution is -2.28.